The van der Waals surface area contributed by atoms with Crippen LogP contribution in [0.5, 0.6) is 0 Å². The predicted molar refractivity (Wildman–Crippen MR) is 198 cm³/mol. The third kappa shape index (κ3) is 3.67. The zero-order chi connectivity index (χ0) is 58.0. The minimum atomic E-state index is -3.76. The maximum atomic E-state index is 9.88. The number of fused-ring (bicyclic) bond motifs is 9. The molecule has 1 aliphatic rings. The molecular weight excluding hydrogens is 569 g/mol. The largest absolute Gasteiger partial charge is 0.309 e. The van der Waals surface area contributed by atoms with Gasteiger partial charge in [-0.2, -0.15) is 0 Å². The lowest BCUT2D eigenvalue weighted by Gasteiger charge is -2.22. The van der Waals surface area contributed by atoms with E-state index in [2.05, 4.69) is 0 Å². The van der Waals surface area contributed by atoms with Gasteiger partial charge in [-0.15, -0.1) is 0 Å². The van der Waals surface area contributed by atoms with Gasteiger partial charge in [0.1, 0.15) is 0 Å². The fraction of sp³-hybridized carbons (Fsp3) is 0.0667. The molecule has 2 heterocycles. The Morgan fingerprint density at radius 2 is 0.979 bits per heavy atom. The molecule has 0 N–H and O–H groups in total. The van der Waals surface area contributed by atoms with Crippen molar-refractivity contribution >= 4 is 43.6 Å². The van der Waals surface area contributed by atoms with Gasteiger partial charge in [0.05, 0.1) is 56.3 Å². The Balaban J connectivity index is 1.41. The van der Waals surface area contributed by atoms with E-state index in [0.717, 1.165) is 10.6 Å². The van der Waals surface area contributed by atoms with Crippen LogP contribution in [0, 0.1) is 0 Å². The summed E-state index contributed by atoms with van der Waals surface area (Å²) in [5, 5.41) is -2.54. The average molecular weight is 632 g/mol. The molecule has 7 aromatic carbocycles. The number of para-hydroxylation sites is 3. The second-order valence-electron chi connectivity index (χ2n) is 10.6. The van der Waals surface area contributed by atoms with E-state index in [9.17, 15) is 13.7 Å². The number of hydrogen-bond acceptors (Lipinski definition) is 0. The molecule has 0 aliphatic heterocycles. The fourth-order valence-corrected chi connectivity index (χ4v) is 6.07. The van der Waals surface area contributed by atoms with Crippen molar-refractivity contribution in [2.45, 2.75) is 19.1 Å². The van der Waals surface area contributed by atoms with Crippen molar-refractivity contribution in [2.75, 3.05) is 0 Å². The number of hydrogen-bond donors (Lipinski definition) is 0. The second-order valence-corrected chi connectivity index (χ2v) is 10.6. The van der Waals surface area contributed by atoms with Crippen molar-refractivity contribution in [3.63, 3.8) is 0 Å². The van der Waals surface area contributed by atoms with Crippen LogP contribution in [0.3, 0.4) is 0 Å². The Kier molecular flexibility index (Phi) is 2.05. The topological polar surface area (TPSA) is 9.86 Å². The lowest BCUT2D eigenvalue weighted by Crippen LogP contribution is -2.15. The van der Waals surface area contributed by atoms with Crippen LogP contribution in [0.2, 0.25) is 0 Å². The highest BCUT2D eigenvalue weighted by Crippen LogP contribution is 2.49. The van der Waals surface area contributed by atoms with Crippen LogP contribution < -0.4 is 0 Å². The summed E-state index contributed by atoms with van der Waals surface area (Å²) in [6, 6.07) is -23.4. The summed E-state index contributed by atoms with van der Waals surface area (Å²) >= 11 is 0. The van der Waals surface area contributed by atoms with E-state index >= 15 is 0 Å². The van der Waals surface area contributed by atoms with Crippen LogP contribution in [0.4, 0.5) is 0 Å². The summed E-state index contributed by atoms with van der Waals surface area (Å²) in [6.07, 6.45) is 0. The molecule has 0 amide bonds. The molecule has 0 atom stereocenters. The van der Waals surface area contributed by atoms with Gasteiger partial charge in [0.15, 0.2) is 0 Å². The average Bonchev–Trinajstić information content (AvgIpc) is 2.48. The molecule has 0 unspecified atom stereocenters. The van der Waals surface area contributed by atoms with E-state index < -0.39 is 259 Å². The molecule has 2 heteroatoms. The summed E-state index contributed by atoms with van der Waals surface area (Å²) in [4.78, 5) is 0. The standard InChI is InChI=1S/C45H32N2/c1-45(2)39-17-9-6-14-33(39)34-23-22-32(28-40(34)45)47-42-19-11-8-16-36(42)38-27-30(21-25-44(38)47)29-20-24-43-37(26-29)35-15-7-10-18-41(35)46(43)31-12-4-3-5-13-31/h3-28H,1-2H3/i1D3,2D3,3D,4D,5D,6D,7D,8D,9D,10D,11D,12D,13D,14D,15D,16D,17D,18D,19D,20D,21D,22D,23D,24D,25D,26D,27D. The predicted octanol–water partition coefficient (Wildman–Crippen LogP) is 11.9. The van der Waals surface area contributed by atoms with Gasteiger partial charge < -0.3 is 9.13 Å². The first-order chi connectivity index (χ1) is 36.0. The summed E-state index contributed by atoms with van der Waals surface area (Å²) in [5.74, 6) is 0. The molecule has 1 aliphatic carbocycles. The van der Waals surface area contributed by atoms with Gasteiger partial charge in [-0.1, -0.05) is 110 Å². The summed E-state index contributed by atoms with van der Waals surface area (Å²) in [6.45, 7) is -7.52. The molecule has 222 valence electrons. The van der Waals surface area contributed by atoms with Gasteiger partial charge in [0.25, 0.3) is 0 Å². The Hall–Kier alpha value is -5.86. The third-order valence-electron chi connectivity index (χ3n) is 8.10. The first-order valence-electron chi connectivity index (χ1n) is 29.4. The highest BCUT2D eigenvalue weighted by atomic mass is 15.0. The zero-order valence-corrected chi connectivity index (χ0v) is 23.5. The minimum Gasteiger partial charge on any atom is -0.309 e. The van der Waals surface area contributed by atoms with Crippen LogP contribution in [0.25, 0.3) is 77.2 Å². The van der Waals surface area contributed by atoms with Crippen LogP contribution in [0.1, 0.15) is 67.3 Å². The summed E-state index contributed by atoms with van der Waals surface area (Å²) < 4.78 is 279. The van der Waals surface area contributed by atoms with Gasteiger partial charge in [-0.05, 0) is 93.8 Å². The molecule has 2 aromatic heterocycles. The SMILES string of the molecule is [2H]c1c(-n2c3c([2H])c([2H])c([2H])c([2H])c3c3c([2H])c(-c4c([2H])c([2H])c5c(c4[2H])c4c([2H])c([2H])c([2H])c([2H])c4n5-c4c([2H])c([2H])c([2H])c([2H])c4[2H])c([2H])c([2H])c32)cc2c(c1[2H])-c1c([2H])c([2H])c([2H])c([2H])c1C2(C([2H])([2H])[2H])C([2H])([2H])[2H]. The summed E-state index contributed by atoms with van der Waals surface area (Å²) in [5.41, 5.74) is -12.6. The Labute approximate surface area is 317 Å². The monoisotopic (exact) mass is 631 g/mol. The smallest absolute Gasteiger partial charge is 0.0645 e. The maximum Gasteiger partial charge on any atom is 0.0645 e. The highest BCUT2D eigenvalue weighted by molar-refractivity contribution is 6.12. The van der Waals surface area contributed by atoms with Crippen molar-refractivity contribution < 1.29 is 42.5 Å². The molecular formula is C45H32N2. The van der Waals surface area contributed by atoms with Crippen LogP contribution in [0.15, 0.2) is 157 Å². The zero-order valence-electron chi connectivity index (χ0n) is 54.5. The molecule has 0 saturated carbocycles. The number of rotatable bonds is 3. The van der Waals surface area contributed by atoms with Gasteiger partial charge in [-0.25, -0.2) is 0 Å². The van der Waals surface area contributed by atoms with Crippen molar-refractivity contribution in [3.8, 4) is 33.6 Å². The first kappa shape index (κ1) is 10.1. The van der Waals surface area contributed by atoms with E-state index in [4.69, 9.17) is 28.8 Å². The molecule has 2 nitrogen and oxygen atoms in total. The number of aromatic nitrogens is 2. The molecule has 0 radical (unpaired) electrons. The van der Waals surface area contributed by atoms with Crippen molar-refractivity contribution in [1.82, 2.24) is 9.13 Å². The number of nitrogens with zero attached hydrogens (tertiary/aromatic N) is 2. The summed E-state index contributed by atoms with van der Waals surface area (Å²) in [7, 11) is 0. The maximum absolute atomic E-state index is 9.88. The molecule has 9 aromatic rings. The van der Waals surface area contributed by atoms with Gasteiger partial charge in [-0.3, -0.25) is 0 Å². The Bertz CT molecular complexity index is 4310. The van der Waals surface area contributed by atoms with E-state index in [-0.39, 0.29) is 0 Å². The molecule has 0 spiro atoms. The third-order valence-corrected chi connectivity index (χ3v) is 8.10. The number of benzene rings is 7. The normalized spacial score (nSPS) is 23.4. The Morgan fingerprint density at radius 3 is 1.64 bits per heavy atom. The van der Waals surface area contributed by atoms with E-state index in [1.54, 1.807) is 0 Å². The minimum absolute atomic E-state index is 0.579. The van der Waals surface area contributed by atoms with Crippen molar-refractivity contribution in [1.29, 1.82) is 0 Å². The lowest BCUT2D eigenvalue weighted by atomic mass is 9.82. The van der Waals surface area contributed by atoms with Crippen LogP contribution in [-0.2, 0) is 5.41 Å². The molecule has 47 heavy (non-hydrogen) atoms. The van der Waals surface area contributed by atoms with Crippen LogP contribution in [-0.4, -0.2) is 9.13 Å². The van der Waals surface area contributed by atoms with Gasteiger partial charge in [0.2, 0.25) is 0 Å². The van der Waals surface area contributed by atoms with E-state index in [1.807, 2.05) is 0 Å². The van der Waals surface area contributed by atoms with Gasteiger partial charge in [0, 0.05) is 46.6 Å². The quantitative estimate of drug-likeness (QED) is 0.184. The first-order valence-corrected chi connectivity index (χ1v) is 13.9. The second kappa shape index (κ2) is 9.57. The van der Waals surface area contributed by atoms with E-state index in [0.29, 0.717) is 4.57 Å². The molecule has 0 saturated heterocycles. The van der Waals surface area contributed by atoms with Crippen LogP contribution >= 0.6 is 0 Å². The lowest BCUT2D eigenvalue weighted by molar-refractivity contribution is 0.660. The van der Waals surface area contributed by atoms with Crippen molar-refractivity contribution in [3.05, 3.63) is 168 Å². The Morgan fingerprint density at radius 1 is 0.447 bits per heavy atom. The molecule has 0 bridgehead atoms. The molecule has 10 rings (SSSR count). The van der Waals surface area contributed by atoms with E-state index in [1.165, 1.54) is 0 Å². The fourth-order valence-electron chi connectivity index (χ4n) is 6.07. The molecule has 0 fully saturated rings. The highest BCUT2D eigenvalue weighted by Gasteiger charge is 2.35. The van der Waals surface area contributed by atoms with Crippen molar-refractivity contribution in [2.24, 2.45) is 0 Å². The van der Waals surface area contributed by atoms with Gasteiger partial charge >= 0.3 is 0 Å².